The number of halogens is 1. The van der Waals surface area contributed by atoms with Crippen LogP contribution in [0.3, 0.4) is 0 Å². The maximum absolute atomic E-state index is 12.8. The Balaban J connectivity index is 2.55. The molecular formula is C11H10FN3O3. The van der Waals surface area contributed by atoms with Crippen LogP contribution in [0.1, 0.15) is 10.5 Å². The van der Waals surface area contributed by atoms with Gasteiger partial charge in [0, 0.05) is 5.56 Å². The van der Waals surface area contributed by atoms with E-state index in [0.29, 0.717) is 5.56 Å². The first-order chi connectivity index (χ1) is 8.63. The summed E-state index contributed by atoms with van der Waals surface area (Å²) in [5.41, 5.74) is 0.499. The van der Waals surface area contributed by atoms with Gasteiger partial charge in [0.25, 0.3) is 0 Å². The lowest BCUT2D eigenvalue weighted by Crippen LogP contribution is -2.07. The number of aliphatic hydroxyl groups is 1. The van der Waals surface area contributed by atoms with E-state index in [0.717, 1.165) is 0 Å². The molecule has 0 bridgehead atoms. The summed E-state index contributed by atoms with van der Waals surface area (Å²) >= 11 is 0. The summed E-state index contributed by atoms with van der Waals surface area (Å²) in [5, 5.41) is 25.1. The van der Waals surface area contributed by atoms with Crippen molar-refractivity contribution in [3.63, 3.8) is 0 Å². The number of aromatic nitrogens is 3. The molecule has 1 heterocycles. The minimum Gasteiger partial charge on any atom is -0.476 e. The summed E-state index contributed by atoms with van der Waals surface area (Å²) in [6, 6.07) is 5.32. The minimum atomic E-state index is -1.22. The molecule has 1 aromatic heterocycles. The van der Waals surface area contributed by atoms with Crippen LogP contribution in [0.2, 0.25) is 0 Å². The van der Waals surface area contributed by atoms with E-state index in [-0.39, 0.29) is 24.5 Å². The van der Waals surface area contributed by atoms with Gasteiger partial charge in [-0.3, -0.25) is 0 Å². The zero-order valence-electron chi connectivity index (χ0n) is 9.25. The number of aromatic carboxylic acids is 1. The normalized spacial score (nSPS) is 10.6. The number of nitrogens with zero attached hydrogens (tertiary/aromatic N) is 3. The van der Waals surface area contributed by atoms with Crippen LogP contribution in [-0.2, 0) is 6.54 Å². The van der Waals surface area contributed by atoms with Gasteiger partial charge in [-0.1, -0.05) is 5.21 Å². The molecule has 18 heavy (non-hydrogen) atoms. The van der Waals surface area contributed by atoms with Crippen molar-refractivity contribution in [3.8, 4) is 11.3 Å². The highest BCUT2D eigenvalue weighted by molar-refractivity contribution is 5.92. The summed E-state index contributed by atoms with van der Waals surface area (Å²) in [6.45, 7) is -0.0798. The number of carbonyl (C=O) groups is 1. The van der Waals surface area contributed by atoms with Gasteiger partial charge in [0.2, 0.25) is 0 Å². The van der Waals surface area contributed by atoms with Crippen molar-refractivity contribution in [3.05, 3.63) is 35.8 Å². The SMILES string of the molecule is O=C(O)c1nnn(CCO)c1-c1ccc(F)cc1. The third kappa shape index (κ3) is 2.21. The lowest BCUT2D eigenvalue weighted by molar-refractivity contribution is 0.0691. The van der Waals surface area contributed by atoms with Crippen LogP contribution in [0.15, 0.2) is 24.3 Å². The Kier molecular flexibility index (Phi) is 3.33. The van der Waals surface area contributed by atoms with Crippen molar-refractivity contribution in [2.45, 2.75) is 6.54 Å². The number of rotatable bonds is 4. The monoisotopic (exact) mass is 251 g/mol. The summed E-state index contributed by atoms with van der Waals surface area (Å²) in [5.74, 6) is -1.64. The van der Waals surface area contributed by atoms with Gasteiger partial charge in [-0.15, -0.1) is 5.10 Å². The molecule has 0 amide bonds. The molecule has 0 unspecified atom stereocenters. The maximum atomic E-state index is 12.8. The van der Waals surface area contributed by atoms with Crippen LogP contribution in [0, 0.1) is 5.82 Å². The smallest absolute Gasteiger partial charge is 0.358 e. The Morgan fingerprint density at radius 3 is 2.56 bits per heavy atom. The van der Waals surface area contributed by atoms with Gasteiger partial charge >= 0.3 is 5.97 Å². The first-order valence-corrected chi connectivity index (χ1v) is 5.17. The highest BCUT2D eigenvalue weighted by Gasteiger charge is 2.20. The van der Waals surface area contributed by atoms with E-state index in [4.69, 9.17) is 10.2 Å². The molecule has 0 spiro atoms. The van der Waals surface area contributed by atoms with Crippen molar-refractivity contribution >= 4 is 5.97 Å². The molecule has 1 aromatic carbocycles. The third-order valence-corrected chi connectivity index (χ3v) is 2.37. The predicted molar refractivity (Wildman–Crippen MR) is 59.5 cm³/mol. The largest absolute Gasteiger partial charge is 0.476 e. The Hall–Kier alpha value is -2.28. The molecular weight excluding hydrogens is 241 g/mol. The van der Waals surface area contributed by atoms with E-state index in [1.54, 1.807) is 0 Å². The van der Waals surface area contributed by atoms with Crippen molar-refractivity contribution in [1.82, 2.24) is 15.0 Å². The fourth-order valence-electron chi connectivity index (χ4n) is 1.60. The van der Waals surface area contributed by atoms with Crippen LogP contribution in [0.5, 0.6) is 0 Å². The van der Waals surface area contributed by atoms with Gasteiger partial charge in [-0.25, -0.2) is 13.9 Å². The van der Waals surface area contributed by atoms with E-state index in [9.17, 15) is 9.18 Å². The van der Waals surface area contributed by atoms with Crippen LogP contribution in [0.25, 0.3) is 11.3 Å². The number of carboxylic acids is 1. The van der Waals surface area contributed by atoms with Gasteiger partial charge in [-0.05, 0) is 24.3 Å². The number of hydrogen-bond acceptors (Lipinski definition) is 4. The van der Waals surface area contributed by atoms with Crippen LogP contribution in [-0.4, -0.2) is 37.8 Å². The highest BCUT2D eigenvalue weighted by Crippen LogP contribution is 2.22. The molecule has 2 N–H and O–H groups in total. The summed E-state index contributed by atoms with van der Waals surface area (Å²) in [4.78, 5) is 11.0. The molecule has 2 aromatic rings. The lowest BCUT2D eigenvalue weighted by atomic mass is 10.1. The van der Waals surface area contributed by atoms with Crippen molar-refractivity contribution < 1.29 is 19.4 Å². The minimum absolute atomic E-state index is 0.118. The van der Waals surface area contributed by atoms with Crippen LogP contribution in [0.4, 0.5) is 4.39 Å². The van der Waals surface area contributed by atoms with E-state index >= 15 is 0 Å². The van der Waals surface area contributed by atoms with E-state index in [1.165, 1.54) is 28.9 Å². The molecule has 0 saturated heterocycles. The van der Waals surface area contributed by atoms with Gasteiger partial charge in [-0.2, -0.15) is 0 Å². The van der Waals surface area contributed by atoms with Gasteiger partial charge in [0.05, 0.1) is 13.2 Å². The second kappa shape index (κ2) is 4.92. The fraction of sp³-hybridized carbons (Fsp3) is 0.182. The van der Waals surface area contributed by atoms with Crippen LogP contribution >= 0.6 is 0 Å². The van der Waals surface area contributed by atoms with Crippen molar-refractivity contribution in [1.29, 1.82) is 0 Å². The standard InChI is InChI=1S/C11H10FN3O3/c12-8-3-1-7(2-4-8)10-9(11(17)18)13-14-15(10)5-6-16/h1-4,16H,5-6H2,(H,17,18). The molecule has 0 aliphatic rings. The molecule has 0 atom stereocenters. The molecule has 0 aliphatic carbocycles. The first-order valence-electron chi connectivity index (χ1n) is 5.17. The van der Waals surface area contributed by atoms with Crippen LogP contribution < -0.4 is 0 Å². The highest BCUT2D eigenvalue weighted by atomic mass is 19.1. The van der Waals surface area contributed by atoms with E-state index < -0.39 is 11.8 Å². The number of carboxylic acid groups (broad SMARTS) is 1. The molecule has 6 nitrogen and oxygen atoms in total. The Bertz CT molecular complexity index is 565. The Labute approximate surface area is 101 Å². The molecule has 0 radical (unpaired) electrons. The summed E-state index contributed by atoms with van der Waals surface area (Å²) in [6.07, 6.45) is 0. The number of aliphatic hydroxyl groups excluding tert-OH is 1. The van der Waals surface area contributed by atoms with Crippen molar-refractivity contribution in [2.24, 2.45) is 0 Å². The zero-order chi connectivity index (χ0) is 13.1. The number of benzene rings is 1. The molecule has 7 heteroatoms. The molecule has 0 aliphatic heterocycles. The topological polar surface area (TPSA) is 88.2 Å². The van der Waals surface area contributed by atoms with Crippen molar-refractivity contribution in [2.75, 3.05) is 6.61 Å². The molecule has 2 rings (SSSR count). The van der Waals surface area contributed by atoms with E-state index in [1.807, 2.05) is 0 Å². The second-order valence-electron chi connectivity index (χ2n) is 3.55. The second-order valence-corrected chi connectivity index (χ2v) is 3.55. The maximum Gasteiger partial charge on any atom is 0.358 e. The first kappa shape index (κ1) is 12.2. The Morgan fingerprint density at radius 2 is 2.00 bits per heavy atom. The quantitative estimate of drug-likeness (QED) is 0.838. The molecule has 0 fully saturated rings. The summed E-state index contributed by atoms with van der Waals surface area (Å²) < 4.78 is 14.1. The van der Waals surface area contributed by atoms with Gasteiger partial charge in [0.1, 0.15) is 11.5 Å². The summed E-state index contributed by atoms with van der Waals surface area (Å²) in [7, 11) is 0. The van der Waals surface area contributed by atoms with E-state index in [2.05, 4.69) is 10.3 Å². The average molecular weight is 251 g/mol. The zero-order valence-corrected chi connectivity index (χ0v) is 9.25. The third-order valence-electron chi connectivity index (χ3n) is 2.37. The van der Waals surface area contributed by atoms with Gasteiger partial charge in [0.15, 0.2) is 5.69 Å². The molecule has 94 valence electrons. The lowest BCUT2D eigenvalue weighted by Gasteiger charge is -2.05. The predicted octanol–water partition coefficient (Wildman–Crippen LogP) is 0.775. The molecule has 0 saturated carbocycles. The average Bonchev–Trinajstić information content (AvgIpc) is 2.75. The fourth-order valence-corrected chi connectivity index (χ4v) is 1.60. The number of hydrogen-bond donors (Lipinski definition) is 2. The van der Waals surface area contributed by atoms with Gasteiger partial charge < -0.3 is 10.2 Å². The Morgan fingerprint density at radius 1 is 1.33 bits per heavy atom.